The van der Waals surface area contributed by atoms with E-state index in [1.807, 2.05) is 18.2 Å². The van der Waals surface area contributed by atoms with Crippen molar-refractivity contribution in [3.8, 4) is 0 Å². The number of carbonyl (C=O) groups is 1. The van der Waals surface area contributed by atoms with Gasteiger partial charge in [-0.05, 0) is 36.4 Å². The molecule has 0 saturated carbocycles. The summed E-state index contributed by atoms with van der Waals surface area (Å²) in [7, 11) is 0. The summed E-state index contributed by atoms with van der Waals surface area (Å²) in [5.41, 5.74) is 1.36. The molecule has 4 rings (SSSR count). The molecule has 2 heterocycles. The van der Waals surface area contributed by atoms with E-state index in [1.165, 1.54) is 10.9 Å². The monoisotopic (exact) mass is 338 g/mol. The lowest BCUT2D eigenvalue weighted by atomic mass is 10.1. The first-order valence-corrected chi connectivity index (χ1v) is 7.67. The molecule has 4 aromatic rings. The second-order valence-electron chi connectivity index (χ2n) is 5.38. The lowest BCUT2D eigenvalue weighted by molar-refractivity contribution is 0.0970. The summed E-state index contributed by atoms with van der Waals surface area (Å²) in [5.74, 6) is -0.203. The predicted molar refractivity (Wildman–Crippen MR) is 91.6 cm³/mol. The third kappa shape index (κ3) is 2.39. The number of para-hydroxylation sites is 1. The average Bonchev–Trinajstić information content (AvgIpc) is 2.97. The Morgan fingerprint density at radius 1 is 1.12 bits per heavy atom. The number of ketones is 1. The largest absolute Gasteiger partial charge is 0.448 e. The minimum absolute atomic E-state index is 0.111. The Morgan fingerprint density at radius 2 is 1.88 bits per heavy atom. The highest BCUT2D eigenvalue weighted by molar-refractivity contribution is 6.30. The van der Waals surface area contributed by atoms with Gasteiger partial charge in [0.15, 0.2) is 5.78 Å². The number of hydrogen-bond donors (Lipinski definition) is 0. The molecule has 0 aliphatic heterocycles. The number of carbonyl (C=O) groups excluding carboxylic acids is 1. The number of halogens is 1. The number of furan rings is 1. The minimum atomic E-state index is -0.376. The van der Waals surface area contributed by atoms with Gasteiger partial charge in [0, 0.05) is 16.0 Å². The van der Waals surface area contributed by atoms with Crippen LogP contribution in [0.25, 0.3) is 22.1 Å². The van der Waals surface area contributed by atoms with E-state index in [2.05, 4.69) is 4.98 Å². The van der Waals surface area contributed by atoms with Crippen molar-refractivity contribution in [2.45, 2.75) is 6.54 Å². The normalized spacial score (nSPS) is 11.2. The fourth-order valence-corrected chi connectivity index (χ4v) is 2.74. The van der Waals surface area contributed by atoms with Gasteiger partial charge >= 0.3 is 0 Å². The van der Waals surface area contributed by atoms with Gasteiger partial charge in [0.25, 0.3) is 5.56 Å². The second-order valence-corrected chi connectivity index (χ2v) is 5.82. The number of fused-ring (bicyclic) bond motifs is 3. The van der Waals surface area contributed by atoms with Crippen LogP contribution in [0.4, 0.5) is 0 Å². The number of Topliss-reactive ketones (excluding diaryl/α,β-unsaturated/α-hetero) is 1. The Labute approximate surface area is 141 Å². The zero-order valence-electron chi connectivity index (χ0n) is 12.4. The van der Waals surface area contributed by atoms with Crippen LogP contribution < -0.4 is 5.56 Å². The number of aromatic nitrogens is 2. The van der Waals surface area contributed by atoms with E-state index in [0.717, 1.165) is 5.39 Å². The maximum atomic E-state index is 12.6. The molecule has 0 bridgehead atoms. The molecule has 118 valence electrons. The van der Waals surface area contributed by atoms with E-state index in [0.29, 0.717) is 21.7 Å². The summed E-state index contributed by atoms with van der Waals surface area (Å²) < 4.78 is 6.85. The van der Waals surface area contributed by atoms with Gasteiger partial charge in [-0.3, -0.25) is 14.2 Å². The van der Waals surface area contributed by atoms with E-state index in [-0.39, 0.29) is 23.5 Å². The molecule has 0 N–H and O–H groups in total. The first-order chi connectivity index (χ1) is 11.6. The van der Waals surface area contributed by atoms with Crippen LogP contribution in [0.15, 0.2) is 64.1 Å². The van der Waals surface area contributed by atoms with Gasteiger partial charge in [-0.15, -0.1) is 0 Å². The quantitative estimate of drug-likeness (QED) is 0.534. The highest BCUT2D eigenvalue weighted by Crippen LogP contribution is 2.24. The Bertz CT molecular complexity index is 1130. The molecule has 0 radical (unpaired) electrons. The van der Waals surface area contributed by atoms with Crippen LogP contribution in [0.1, 0.15) is 10.4 Å². The second kappa shape index (κ2) is 5.62. The number of nitrogens with zero attached hydrogens (tertiary/aromatic N) is 2. The number of rotatable bonds is 3. The molecule has 5 nitrogen and oxygen atoms in total. The summed E-state index contributed by atoms with van der Waals surface area (Å²) in [6, 6.07) is 13.8. The Morgan fingerprint density at radius 3 is 2.67 bits per heavy atom. The van der Waals surface area contributed by atoms with E-state index >= 15 is 0 Å². The molecule has 6 heteroatoms. The first-order valence-electron chi connectivity index (χ1n) is 7.29. The van der Waals surface area contributed by atoms with Crippen LogP contribution >= 0.6 is 11.6 Å². The third-order valence-corrected chi connectivity index (χ3v) is 4.08. The zero-order chi connectivity index (χ0) is 16.7. The summed E-state index contributed by atoms with van der Waals surface area (Å²) in [4.78, 5) is 29.2. The van der Waals surface area contributed by atoms with E-state index in [4.69, 9.17) is 16.0 Å². The van der Waals surface area contributed by atoms with Gasteiger partial charge in [-0.1, -0.05) is 23.7 Å². The molecule has 2 aromatic heterocycles. The van der Waals surface area contributed by atoms with Crippen LogP contribution in [-0.2, 0) is 6.54 Å². The lowest BCUT2D eigenvalue weighted by Crippen LogP contribution is -2.24. The van der Waals surface area contributed by atoms with Gasteiger partial charge in [0.2, 0.25) is 5.58 Å². The smallest absolute Gasteiger partial charge is 0.297 e. The fraction of sp³-hybridized carbons (Fsp3) is 0.0556. The van der Waals surface area contributed by atoms with Crippen molar-refractivity contribution < 1.29 is 9.21 Å². The maximum absolute atomic E-state index is 12.6. The van der Waals surface area contributed by atoms with Crippen LogP contribution in [0.5, 0.6) is 0 Å². The van der Waals surface area contributed by atoms with Crippen molar-refractivity contribution in [1.29, 1.82) is 0 Å². The fourth-order valence-electron chi connectivity index (χ4n) is 2.61. The molecular formula is C18H11ClN2O3. The molecule has 2 aromatic carbocycles. The van der Waals surface area contributed by atoms with Crippen molar-refractivity contribution in [1.82, 2.24) is 9.55 Å². The summed E-state index contributed by atoms with van der Waals surface area (Å²) in [6.45, 7) is -0.111. The van der Waals surface area contributed by atoms with Gasteiger partial charge in [0.1, 0.15) is 11.1 Å². The van der Waals surface area contributed by atoms with Crippen molar-refractivity contribution in [2.24, 2.45) is 0 Å². The third-order valence-electron chi connectivity index (χ3n) is 3.83. The maximum Gasteiger partial charge on any atom is 0.297 e. The Kier molecular flexibility index (Phi) is 3.43. The number of benzene rings is 2. The van der Waals surface area contributed by atoms with Crippen molar-refractivity contribution in [3.05, 3.63) is 75.8 Å². The van der Waals surface area contributed by atoms with Crippen LogP contribution in [0, 0.1) is 0 Å². The van der Waals surface area contributed by atoms with Gasteiger partial charge in [0.05, 0.1) is 12.9 Å². The predicted octanol–water partition coefficient (Wildman–Crippen LogP) is 3.68. The van der Waals surface area contributed by atoms with Crippen LogP contribution in [-0.4, -0.2) is 15.3 Å². The molecule has 0 saturated heterocycles. The standard InChI is InChI=1S/C18H11ClN2O3/c19-12-7-5-11(6-8-12)14(22)9-21-10-20-16-13-3-1-2-4-15(13)24-17(16)18(21)23/h1-8,10H,9H2. The van der Waals surface area contributed by atoms with E-state index in [9.17, 15) is 9.59 Å². The molecule has 0 aliphatic rings. The van der Waals surface area contributed by atoms with Crippen LogP contribution in [0.3, 0.4) is 0 Å². The van der Waals surface area contributed by atoms with Crippen molar-refractivity contribution in [2.75, 3.05) is 0 Å². The zero-order valence-corrected chi connectivity index (χ0v) is 13.2. The van der Waals surface area contributed by atoms with Crippen LogP contribution in [0.2, 0.25) is 5.02 Å². The minimum Gasteiger partial charge on any atom is -0.448 e. The number of hydrogen-bond acceptors (Lipinski definition) is 4. The first kappa shape index (κ1) is 14.7. The summed E-state index contributed by atoms with van der Waals surface area (Å²) in [6.07, 6.45) is 1.38. The topological polar surface area (TPSA) is 65.1 Å². The highest BCUT2D eigenvalue weighted by Gasteiger charge is 2.15. The van der Waals surface area contributed by atoms with Gasteiger partial charge < -0.3 is 4.42 Å². The molecular weight excluding hydrogens is 328 g/mol. The lowest BCUT2D eigenvalue weighted by Gasteiger charge is -2.04. The van der Waals surface area contributed by atoms with E-state index < -0.39 is 0 Å². The molecule has 0 fully saturated rings. The highest BCUT2D eigenvalue weighted by atomic mass is 35.5. The Hall–Kier alpha value is -2.92. The molecule has 24 heavy (non-hydrogen) atoms. The summed E-state index contributed by atoms with van der Waals surface area (Å²) >= 11 is 5.82. The van der Waals surface area contributed by atoms with E-state index in [1.54, 1.807) is 30.3 Å². The van der Waals surface area contributed by atoms with Gasteiger partial charge in [-0.25, -0.2) is 4.98 Å². The summed E-state index contributed by atoms with van der Waals surface area (Å²) in [5, 5.41) is 1.33. The van der Waals surface area contributed by atoms with Crippen molar-refractivity contribution in [3.63, 3.8) is 0 Å². The Balaban J connectivity index is 1.76. The molecule has 0 unspecified atom stereocenters. The molecule has 0 spiro atoms. The molecule has 0 amide bonds. The van der Waals surface area contributed by atoms with Gasteiger partial charge in [-0.2, -0.15) is 0 Å². The SMILES string of the molecule is O=C(Cn1cnc2c(oc3ccccc32)c1=O)c1ccc(Cl)cc1. The average molecular weight is 339 g/mol. The molecule has 0 aliphatic carbocycles. The van der Waals surface area contributed by atoms with Crippen molar-refractivity contribution >= 4 is 39.5 Å². The molecule has 0 atom stereocenters.